The molecule has 0 saturated heterocycles. The molecule has 208 valence electrons. The summed E-state index contributed by atoms with van der Waals surface area (Å²) in [6.45, 7) is 0.196. The third-order valence-electron chi connectivity index (χ3n) is 6.06. The molecule has 41 heavy (non-hydrogen) atoms. The van der Waals surface area contributed by atoms with E-state index in [1.54, 1.807) is 54.6 Å². The molecule has 0 bridgehead atoms. The molecular weight excluding hydrogens is 524 g/mol. The fourth-order valence-electron chi connectivity index (χ4n) is 3.94. The highest BCUT2D eigenvalue weighted by molar-refractivity contribution is 5.94. The summed E-state index contributed by atoms with van der Waals surface area (Å²) in [5.41, 5.74) is 5.24. The third-order valence-corrected chi connectivity index (χ3v) is 6.06. The van der Waals surface area contributed by atoms with Gasteiger partial charge >= 0.3 is 0 Å². The van der Waals surface area contributed by atoms with Gasteiger partial charge < -0.3 is 14.8 Å². The average Bonchev–Trinajstić information content (AvgIpc) is 3.01. The Morgan fingerprint density at radius 2 is 1.61 bits per heavy atom. The van der Waals surface area contributed by atoms with E-state index < -0.39 is 11.0 Å². The summed E-state index contributed by atoms with van der Waals surface area (Å²) in [6.07, 6.45) is 1.46. The van der Waals surface area contributed by atoms with Crippen LogP contribution in [-0.2, 0) is 11.4 Å². The third kappa shape index (κ3) is 8.24. The highest BCUT2D eigenvalue weighted by Gasteiger charge is 2.19. The van der Waals surface area contributed by atoms with Crippen LogP contribution in [0.3, 0.4) is 0 Å². The minimum absolute atomic E-state index is 0.00887. The van der Waals surface area contributed by atoms with Crippen molar-refractivity contribution in [1.29, 1.82) is 0 Å². The Morgan fingerprint density at radius 1 is 0.927 bits per heavy atom. The highest BCUT2D eigenvalue weighted by Crippen LogP contribution is 2.28. The van der Waals surface area contributed by atoms with E-state index in [-0.39, 0.29) is 30.5 Å². The first-order valence-corrected chi connectivity index (χ1v) is 12.7. The number of hydrogen-bond donors (Lipinski definition) is 2. The fourth-order valence-corrected chi connectivity index (χ4v) is 3.94. The number of nitrogens with one attached hydrogen (secondary N) is 2. The minimum Gasteiger partial charge on any atom is -0.493 e. The van der Waals surface area contributed by atoms with Crippen LogP contribution in [-0.4, -0.2) is 30.1 Å². The first-order valence-electron chi connectivity index (χ1n) is 12.7. The lowest BCUT2D eigenvalue weighted by Crippen LogP contribution is -2.32. The van der Waals surface area contributed by atoms with Crippen molar-refractivity contribution in [2.45, 2.75) is 19.1 Å². The zero-order chi connectivity index (χ0) is 29.0. The first-order chi connectivity index (χ1) is 19.9. The molecule has 0 spiro atoms. The molecule has 0 fully saturated rings. The van der Waals surface area contributed by atoms with Gasteiger partial charge in [0.25, 0.3) is 11.6 Å². The average molecular weight is 553 g/mol. The Balaban J connectivity index is 1.35. The van der Waals surface area contributed by atoms with Crippen molar-refractivity contribution in [2.75, 3.05) is 7.11 Å². The molecule has 0 aliphatic rings. The maximum atomic E-state index is 12.7. The van der Waals surface area contributed by atoms with Crippen LogP contribution in [0.25, 0.3) is 0 Å². The molecule has 4 aromatic carbocycles. The molecule has 10 heteroatoms. The summed E-state index contributed by atoms with van der Waals surface area (Å²) in [5, 5.41) is 17.8. The number of amides is 2. The van der Waals surface area contributed by atoms with Crippen LogP contribution in [0.1, 0.15) is 39.5 Å². The molecule has 2 amide bonds. The van der Waals surface area contributed by atoms with Gasteiger partial charge in [-0.3, -0.25) is 19.7 Å². The van der Waals surface area contributed by atoms with Gasteiger partial charge in [-0.15, -0.1) is 0 Å². The number of rotatable bonds is 12. The monoisotopic (exact) mass is 552 g/mol. The molecule has 0 aliphatic heterocycles. The molecule has 0 unspecified atom stereocenters. The van der Waals surface area contributed by atoms with Crippen molar-refractivity contribution in [1.82, 2.24) is 10.7 Å². The Hall–Kier alpha value is -5.51. The predicted octanol–water partition coefficient (Wildman–Crippen LogP) is 5.19. The zero-order valence-corrected chi connectivity index (χ0v) is 22.2. The molecule has 10 nitrogen and oxygen atoms in total. The number of methoxy groups -OCH3 is 1. The number of carbonyl (C=O) groups excluding carboxylic acids is 2. The van der Waals surface area contributed by atoms with Crippen LogP contribution in [0.4, 0.5) is 5.69 Å². The Morgan fingerprint density at radius 3 is 2.27 bits per heavy atom. The van der Waals surface area contributed by atoms with Gasteiger partial charge in [-0.25, -0.2) is 5.43 Å². The molecule has 1 atom stereocenters. The normalized spacial score (nSPS) is 11.4. The van der Waals surface area contributed by atoms with Gasteiger partial charge in [-0.05, 0) is 59.2 Å². The van der Waals surface area contributed by atoms with Gasteiger partial charge in [0.05, 0.1) is 30.7 Å². The van der Waals surface area contributed by atoms with Crippen molar-refractivity contribution in [3.63, 3.8) is 0 Å². The number of nitro benzene ring substituents is 1. The fraction of sp³-hybridized carbons (Fsp3) is 0.129. The highest BCUT2D eigenvalue weighted by atomic mass is 16.6. The molecule has 0 heterocycles. The molecule has 0 aliphatic carbocycles. The van der Waals surface area contributed by atoms with Gasteiger partial charge in [0, 0.05) is 17.7 Å². The lowest BCUT2D eigenvalue weighted by atomic mass is 10.0. The molecule has 4 rings (SSSR count). The molecule has 0 radical (unpaired) electrons. The summed E-state index contributed by atoms with van der Waals surface area (Å²) < 4.78 is 11.2. The summed E-state index contributed by atoms with van der Waals surface area (Å²) in [7, 11) is 1.50. The Kier molecular flexibility index (Phi) is 9.76. The standard InChI is InChI=1S/C31H28N4O6/c1-40-29-18-23(14-17-28(29)41-21-22-12-15-26(16-13-22)35(38)39)20-32-34-30(36)19-27(24-8-4-2-5-9-24)33-31(37)25-10-6-3-7-11-25/h2-18,20,27H,19,21H2,1H3,(H,33,37)(H,34,36)/b32-20-/t27-/m0/s1. The largest absolute Gasteiger partial charge is 0.493 e. The topological polar surface area (TPSA) is 132 Å². The van der Waals surface area contributed by atoms with Crippen LogP contribution in [0.5, 0.6) is 11.5 Å². The quantitative estimate of drug-likeness (QED) is 0.141. The van der Waals surface area contributed by atoms with Crippen LogP contribution in [0.2, 0.25) is 0 Å². The van der Waals surface area contributed by atoms with Crippen LogP contribution in [0.15, 0.2) is 108 Å². The first kappa shape index (κ1) is 28.5. The second-order valence-electron chi connectivity index (χ2n) is 8.92. The van der Waals surface area contributed by atoms with E-state index in [2.05, 4.69) is 15.8 Å². The van der Waals surface area contributed by atoms with Gasteiger partial charge in [-0.2, -0.15) is 5.10 Å². The van der Waals surface area contributed by atoms with E-state index in [1.807, 2.05) is 36.4 Å². The number of nitrogens with zero attached hydrogens (tertiary/aromatic N) is 2. The van der Waals surface area contributed by atoms with E-state index in [0.717, 1.165) is 11.1 Å². The van der Waals surface area contributed by atoms with Crippen molar-refractivity contribution >= 4 is 23.7 Å². The Bertz CT molecular complexity index is 1510. The number of non-ortho nitro benzene ring substituents is 1. The maximum absolute atomic E-state index is 12.7. The SMILES string of the molecule is COc1cc(/C=N\NC(=O)C[C@H](NC(=O)c2ccccc2)c2ccccc2)ccc1OCc1ccc([N+](=O)[O-])cc1. The Labute approximate surface area is 236 Å². The number of benzene rings is 4. The van der Waals surface area contributed by atoms with Crippen LogP contribution in [0, 0.1) is 10.1 Å². The molecule has 4 aromatic rings. The van der Waals surface area contributed by atoms with Gasteiger partial charge in [-0.1, -0.05) is 48.5 Å². The summed E-state index contributed by atoms with van der Waals surface area (Å²) in [5.74, 6) is 0.277. The summed E-state index contributed by atoms with van der Waals surface area (Å²) in [6, 6.07) is 28.8. The number of nitro groups is 1. The molecular formula is C31H28N4O6. The van der Waals surface area contributed by atoms with Crippen LogP contribution >= 0.6 is 0 Å². The second-order valence-corrected chi connectivity index (χ2v) is 8.92. The van der Waals surface area contributed by atoms with E-state index >= 15 is 0 Å². The van der Waals surface area contributed by atoms with E-state index in [1.165, 1.54) is 25.5 Å². The van der Waals surface area contributed by atoms with Gasteiger partial charge in [0.15, 0.2) is 11.5 Å². The van der Waals surface area contributed by atoms with Gasteiger partial charge in [0.2, 0.25) is 5.91 Å². The van der Waals surface area contributed by atoms with Crippen molar-refractivity contribution in [3.8, 4) is 11.5 Å². The summed E-state index contributed by atoms with van der Waals surface area (Å²) in [4.78, 5) is 35.8. The van der Waals surface area contributed by atoms with E-state index in [0.29, 0.717) is 22.6 Å². The van der Waals surface area contributed by atoms with Crippen molar-refractivity contribution in [2.24, 2.45) is 5.10 Å². The lowest BCUT2D eigenvalue weighted by molar-refractivity contribution is -0.384. The number of hydrogen-bond acceptors (Lipinski definition) is 7. The van der Waals surface area contributed by atoms with Crippen LogP contribution < -0.4 is 20.2 Å². The maximum Gasteiger partial charge on any atom is 0.269 e. The second kappa shape index (κ2) is 14.0. The summed E-state index contributed by atoms with van der Waals surface area (Å²) >= 11 is 0. The van der Waals surface area contributed by atoms with Crippen molar-refractivity contribution in [3.05, 3.63) is 135 Å². The zero-order valence-electron chi connectivity index (χ0n) is 22.2. The number of carbonyl (C=O) groups is 2. The lowest BCUT2D eigenvalue weighted by Gasteiger charge is -2.18. The van der Waals surface area contributed by atoms with Crippen molar-refractivity contribution < 1.29 is 24.0 Å². The minimum atomic E-state index is -0.550. The smallest absolute Gasteiger partial charge is 0.269 e. The number of hydrazone groups is 1. The molecule has 2 N–H and O–H groups in total. The van der Waals surface area contributed by atoms with E-state index in [4.69, 9.17) is 9.47 Å². The molecule has 0 aromatic heterocycles. The van der Waals surface area contributed by atoms with E-state index in [9.17, 15) is 19.7 Å². The predicted molar refractivity (Wildman–Crippen MR) is 154 cm³/mol. The molecule has 0 saturated carbocycles. The number of ether oxygens (including phenoxy) is 2. The van der Waals surface area contributed by atoms with Gasteiger partial charge in [0.1, 0.15) is 6.61 Å².